The van der Waals surface area contributed by atoms with E-state index in [4.69, 9.17) is 4.74 Å². The van der Waals surface area contributed by atoms with Crippen LogP contribution in [-0.2, 0) is 23.3 Å². The fraction of sp³-hybridized carbons (Fsp3) is 0.450. The van der Waals surface area contributed by atoms with Crippen molar-refractivity contribution in [1.29, 1.82) is 0 Å². The Kier molecular flexibility index (Phi) is 4.59. The first-order valence-corrected chi connectivity index (χ1v) is 9.85. The molecule has 1 N–H and O–H groups in total. The van der Waals surface area contributed by atoms with Gasteiger partial charge in [0.1, 0.15) is 5.60 Å². The molecule has 0 aliphatic carbocycles. The van der Waals surface area contributed by atoms with Crippen LogP contribution in [0.4, 0.5) is 0 Å². The molecule has 1 aromatic heterocycles. The molecular formula is C20H23ClN2O2S. The van der Waals surface area contributed by atoms with Gasteiger partial charge in [0.15, 0.2) is 0 Å². The van der Waals surface area contributed by atoms with Gasteiger partial charge in [0.2, 0.25) is 0 Å². The summed E-state index contributed by atoms with van der Waals surface area (Å²) in [5, 5.41) is 3.45. The Labute approximate surface area is 163 Å². The number of hydrogen-bond acceptors (Lipinski definition) is 4. The number of carbonyl (C=O) groups excluding carboxylic acids is 1. The molecule has 0 bridgehead atoms. The number of carbonyl (C=O) groups is 1. The van der Waals surface area contributed by atoms with Crippen molar-refractivity contribution in [3.8, 4) is 10.4 Å². The predicted octanol–water partition coefficient (Wildman–Crippen LogP) is 3.57. The van der Waals surface area contributed by atoms with Crippen LogP contribution in [0.5, 0.6) is 0 Å². The quantitative estimate of drug-likeness (QED) is 0.809. The number of thiophene rings is 1. The molecule has 1 fully saturated rings. The molecule has 0 saturated carbocycles. The zero-order valence-electron chi connectivity index (χ0n) is 14.8. The lowest BCUT2D eigenvalue weighted by Crippen LogP contribution is -2.43. The highest BCUT2D eigenvalue weighted by Crippen LogP contribution is 2.46. The first-order valence-electron chi connectivity index (χ1n) is 9.03. The summed E-state index contributed by atoms with van der Waals surface area (Å²) in [5.41, 5.74) is 4.61. The van der Waals surface area contributed by atoms with Crippen LogP contribution in [0, 0.1) is 0 Å². The van der Waals surface area contributed by atoms with Crippen molar-refractivity contribution in [2.75, 3.05) is 26.7 Å². The number of hydrogen-bond donors (Lipinski definition) is 1. The maximum atomic E-state index is 12.1. The Balaban J connectivity index is 0.00000168. The van der Waals surface area contributed by atoms with E-state index in [2.05, 4.69) is 23.5 Å². The third-order valence-corrected chi connectivity index (χ3v) is 7.17. The normalized spacial score (nSPS) is 20.7. The van der Waals surface area contributed by atoms with Gasteiger partial charge in [-0.25, -0.2) is 0 Å². The minimum atomic E-state index is -0.0747. The van der Waals surface area contributed by atoms with Crippen molar-refractivity contribution < 1.29 is 9.53 Å². The molecule has 26 heavy (non-hydrogen) atoms. The Morgan fingerprint density at radius 1 is 1.19 bits per heavy atom. The number of amides is 1. The average molecular weight is 391 g/mol. The highest BCUT2D eigenvalue weighted by atomic mass is 35.5. The number of rotatable bonds is 1. The minimum absolute atomic E-state index is 0. The molecule has 1 saturated heterocycles. The molecule has 0 atom stereocenters. The van der Waals surface area contributed by atoms with Crippen LogP contribution in [0.3, 0.4) is 0 Å². The van der Waals surface area contributed by atoms with E-state index >= 15 is 0 Å². The number of nitrogens with one attached hydrogen (secondary N) is 1. The van der Waals surface area contributed by atoms with Crippen LogP contribution in [0.1, 0.15) is 39.2 Å². The summed E-state index contributed by atoms with van der Waals surface area (Å²) in [6.07, 6.45) is 3.13. The second-order valence-electron chi connectivity index (χ2n) is 7.34. The van der Waals surface area contributed by atoms with E-state index in [1.165, 1.54) is 20.9 Å². The highest BCUT2D eigenvalue weighted by Gasteiger charge is 2.40. The van der Waals surface area contributed by atoms with Crippen molar-refractivity contribution in [1.82, 2.24) is 10.2 Å². The zero-order chi connectivity index (χ0) is 17.0. The summed E-state index contributed by atoms with van der Waals surface area (Å²) < 4.78 is 6.30. The fourth-order valence-corrected chi connectivity index (χ4v) is 5.79. The molecule has 0 radical (unpaired) electrons. The second-order valence-corrected chi connectivity index (χ2v) is 8.39. The van der Waals surface area contributed by atoms with Gasteiger partial charge in [-0.15, -0.1) is 23.7 Å². The number of ether oxygens (including phenoxy) is 1. The number of nitrogens with zero attached hydrogens (tertiary/aromatic N) is 1. The van der Waals surface area contributed by atoms with E-state index in [0.717, 1.165) is 50.1 Å². The largest absolute Gasteiger partial charge is 0.369 e. The van der Waals surface area contributed by atoms with Crippen LogP contribution < -0.4 is 5.32 Å². The summed E-state index contributed by atoms with van der Waals surface area (Å²) in [6.45, 7) is 3.60. The van der Waals surface area contributed by atoms with Gasteiger partial charge in [-0.05, 0) is 67.2 Å². The molecule has 5 rings (SSSR count). The Morgan fingerprint density at radius 2 is 2.00 bits per heavy atom. The van der Waals surface area contributed by atoms with Crippen molar-refractivity contribution in [3.05, 3.63) is 45.8 Å². The molecule has 1 spiro atoms. The molecular weight excluding hydrogens is 368 g/mol. The number of benzene rings is 1. The van der Waals surface area contributed by atoms with E-state index in [-0.39, 0.29) is 23.9 Å². The molecule has 6 heteroatoms. The lowest BCUT2D eigenvalue weighted by molar-refractivity contribution is -0.0771. The summed E-state index contributed by atoms with van der Waals surface area (Å²) in [7, 11) is 1.87. The van der Waals surface area contributed by atoms with Crippen molar-refractivity contribution >= 4 is 29.7 Å². The maximum Gasteiger partial charge on any atom is 0.254 e. The van der Waals surface area contributed by atoms with Crippen LogP contribution in [0.15, 0.2) is 24.3 Å². The first-order chi connectivity index (χ1) is 12.2. The molecule has 1 aromatic carbocycles. The lowest BCUT2D eigenvalue weighted by Gasteiger charge is -2.40. The van der Waals surface area contributed by atoms with Crippen molar-refractivity contribution in [3.63, 3.8) is 0 Å². The third-order valence-electron chi connectivity index (χ3n) is 5.76. The van der Waals surface area contributed by atoms with Gasteiger partial charge in [-0.3, -0.25) is 4.79 Å². The Bertz CT molecular complexity index is 857. The van der Waals surface area contributed by atoms with E-state index in [9.17, 15) is 4.79 Å². The SMILES string of the molecule is CN1Cc2cc(-c3cc4c(s3)C3(CCNCC3)OCC4)ccc2C1=O.Cl. The molecule has 4 heterocycles. The first kappa shape index (κ1) is 18.0. The summed E-state index contributed by atoms with van der Waals surface area (Å²) in [4.78, 5) is 16.6. The van der Waals surface area contributed by atoms with Gasteiger partial charge >= 0.3 is 0 Å². The number of halogens is 1. The van der Waals surface area contributed by atoms with Crippen LogP contribution >= 0.6 is 23.7 Å². The van der Waals surface area contributed by atoms with Crippen LogP contribution in [-0.4, -0.2) is 37.6 Å². The van der Waals surface area contributed by atoms with Gasteiger partial charge in [0.25, 0.3) is 5.91 Å². The zero-order valence-corrected chi connectivity index (χ0v) is 16.5. The number of fused-ring (bicyclic) bond motifs is 3. The average Bonchev–Trinajstić information content (AvgIpc) is 3.19. The molecule has 3 aliphatic rings. The standard InChI is InChI=1S/C20H22N2O2S.ClH/c1-22-12-15-10-13(2-3-16(15)19(22)23)17-11-14-4-9-24-20(18(14)25-17)5-7-21-8-6-20;/h2-3,10-11,21H,4-9,12H2,1H3;1H. The van der Waals surface area contributed by atoms with E-state index in [0.29, 0.717) is 6.54 Å². The van der Waals surface area contributed by atoms with Crippen molar-refractivity contribution in [2.45, 2.75) is 31.4 Å². The van der Waals surface area contributed by atoms with E-state index < -0.39 is 0 Å². The summed E-state index contributed by atoms with van der Waals surface area (Å²) >= 11 is 1.89. The van der Waals surface area contributed by atoms with Gasteiger partial charge in [-0.1, -0.05) is 6.07 Å². The smallest absolute Gasteiger partial charge is 0.254 e. The molecule has 3 aliphatic heterocycles. The molecule has 4 nitrogen and oxygen atoms in total. The van der Waals surface area contributed by atoms with Gasteiger partial charge in [0, 0.05) is 28.9 Å². The highest BCUT2D eigenvalue weighted by molar-refractivity contribution is 7.15. The van der Waals surface area contributed by atoms with Crippen LogP contribution in [0.2, 0.25) is 0 Å². The molecule has 0 unspecified atom stereocenters. The second kappa shape index (κ2) is 6.64. The fourth-order valence-electron chi connectivity index (χ4n) is 4.39. The lowest BCUT2D eigenvalue weighted by atomic mass is 9.86. The minimum Gasteiger partial charge on any atom is -0.369 e. The number of piperidine rings is 1. The Hall–Kier alpha value is -1.40. The molecule has 138 valence electrons. The monoisotopic (exact) mass is 390 g/mol. The van der Waals surface area contributed by atoms with Crippen molar-refractivity contribution in [2.24, 2.45) is 0 Å². The predicted molar refractivity (Wildman–Crippen MR) is 106 cm³/mol. The molecule has 1 amide bonds. The maximum absolute atomic E-state index is 12.1. The topological polar surface area (TPSA) is 41.6 Å². The van der Waals surface area contributed by atoms with E-state index in [1.54, 1.807) is 4.90 Å². The summed E-state index contributed by atoms with van der Waals surface area (Å²) in [6, 6.07) is 8.65. The van der Waals surface area contributed by atoms with Crippen LogP contribution in [0.25, 0.3) is 10.4 Å². The molecule has 2 aromatic rings. The van der Waals surface area contributed by atoms with Gasteiger partial charge in [-0.2, -0.15) is 0 Å². The Morgan fingerprint density at radius 3 is 2.81 bits per heavy atom. The van der Waals surface area contributed by atoms with E-state index in [1.807, 2.05) is 24.5 Å². The summed E-state index contributed by atoms with van der Waals surface area (Å²) in [5.74, 6) is 0.133. The van der Waals surface area contributed by atoms with Gasteiger partial charge in [0.05, 0.1) is 6.61 Å². The van der Waals surface area contributed by atoms with Gasteiger partial charge < -0.3 is 15.0 Å². The third kappa shape index (κ3) is 2.69.